The largest absolute Gasteiger partial charge is 0.490 e. The Hall–Kier alpha value is -3.08. The molecule has 2 aromatic carbocycles. The van der Waals surface area contributed by atoms with Crippen molar-refractivity contribution < 1.29 is 27.5 Å². The van der Waals surface area contributed by atoms with E-state index in [0.29, 0.717) is 36.9 Å². The fourth-order valence-electron chi connectivity index (χ4n) is 8.11. The predicted molar refractivity (Wildman–Crippen MR) is 179 cm³/mol. The first-order valence-corrected chi connectivity index (χ1v) is 18.2. The number of fused-ring (bicyclic) bond motifs is 4. The number of hydrogen-bond acceptors (Lipinski definition) is 7. The van der Waals surface area contributed by atoms with Gasteiger partial charge in [-0.2, -0.15) is 0 Å². The molecule has 1 saturated carbocycles. The van der Waals surface area contributed by atoms with Gasteiger partial charge in [0.1, 0.15) is 5.75 Å². The molecule has 1 spiro atoms. The van der Waals surface area contributed by atoms with Crippen molar-refractivity contribution in [1.82, 2.24) is 4.72 Å². The Labute approximate surface area is 276 Å². The van der Waals surface area contributed by atoms with E-state index >= 15 is 0 Å². The molecular weight excluding hydrogens is 626 g/mol. The molecule has 0 aromatic heterocycles. The lowest BCUT2D eigenvalue weighted by molar-refractivity contribution is -0.130. The van der Waals surface area contributed by atoms with E-state index in [4.69, 9.17) is 26.8 Å². The highest BCUT2D eigenvalue weighted by Crippen LogP contribution is 2.49. The minimum atomic E-state index is -3.99. The van der Waals surface area contributed by atoms with E-state index in [1.165, 1.54) is 11.1 Å². The summed E-state index contributed by atoms with van der Waals surface area (Å²) in [6.07, 6.45) is 8.96. The van der Waals surface area contributed by atoms with Crippen LogP contribution in [0.15, 0.2) is 48.6 Å². The van der Waals surface area contributed by atoms with Crippen LogP contribution in [0.1, 0.15) is 73.9 Å². The summed E-state index contributed by atoms with van der Waals surface area (Å²) in [6, 6.07) is 11.3. The second-order valence-electron chi connectivity index (χ2n) is 13.8. The van der Waals surface area contributed by atoms with Crippen molar-refractivity contribution in [2.75, 3.05) is 31.7 Å². The Morgan fingerprint density at radius 2 is 2.00 bits per heavy atom. The van der Waals surface area contributed by atoms with E-state index in [-0.39, 0.29) is 35.2 Å². The molecule has 2 amide bonds. The number of halogens is 1. The van der Waals surface area contributed by atoms with E-state index in [2.05, 4.69) is 21.8 Å². The predicted octanol–water partition coefficient (Wildman–Crippen LogP) is 5.14. The fraction of sp³-hybridized carbons (Fsp3) is 0.543. The Bertz CT molecular complexity index is 1660. The first kappa shape index (κ1) is 32.8. The zero-order valence-corrected chi connectivity index (χ0v) is 28.3. The van der Waals surface area contributed by atoms with Gasteiger partial charge in [0.25, 0.3) is 5.91 Å². The van der Waals surface area contributed by atoms with Gasteiger partial charge in [-0.05, 0) is 105 Å². The molecule has 1 fully saturated rings. The number of carbonyl (C=O) groups excluding carboxylic acids is 2. The van der Waals surface area contributed by atoms with Crippen molar-refractivity contribution in [3.05, 3.63) is 70.3 Å². The first-order chi connectivity index (χ1) is 21.9. The number of amides is 2. The van der Waals surface area contributed by atoms with Crippen molar-refractivity contribution in [1.29, 1.82) is 0 Å². The summed E-state index contributed by atoms with van der Waals surface area (Å²) < 4.78 is 41.8. The number of carbonyl (C=O) groups is 2. The van der Waals surface area contributed by atoms with Crippen molar-refractivity contribution in [2.24, 2.45) is 23.5 Å². The molecule has 0 radical (unpaired) electrons. The van der Waals surface area contributed by atoms with Crippen molar-refractivity contribution in [3.63, 3.8) is 0 Å². The van der Waals surface area contributed by atoms with Crippen LogP contribution in [0.3, 0.4) is 0 Å². The number of nitrogens with two attached hydrogens (primary N) is 1. The second kappa shape index (κ2) is 12.5. The van der Waals surface area contributed by atoms with Gasteiger partial charge >= 0.3 is 0 Å². The molecule has 3 N–H and O–H groups in total. The third kappa shape index (κ3) is 6.04. The first-order valence-electron chi connectivity index (χ1n) is 16.2. The number of rotatable bonds is 3. The smallest absolute Gasteiger partial charge is 0.264 e. The molecule has 6 atom stereocenters. The molecule has 4 aliphatic rings. The Kier molecular flexibility index (Phi) is 8.93. The molecular formula is C35H44ClN3O6S. The number of sulfonamides is 1. The molecule has 0 unspecified atom stereocenters. The van der Waals surface area contributed by atoms with Crippen LogP contribution in [0.4, 0.5) is 5.69 Å². The van der Waals surface area contributed by atoms with E-state index in [1.807, 2.05) is 25.1 Å². The summed E-state index contributed by atoms with van der Waals surface area (Å²) in [4.78, 5) is 28.2. The SMILES string of the molecule is CO[C@@]1(CC(N)=O)/C=C\C[C@H](C)[C@@H](C)S(=O)(=O)NC(=O)c2ccc3c(c2)N(C[C@@H]2CC[C@H]21)C[C@@]1(CCCc2cc(Cl)ccc21)CO3. The lowest BCUT2D eigenvalue weighted by Gasteiger charge is -2.50. The van der Waals surface area contributed by atoms with Crippen LogP contribution < -0.4 is 20.1 Å². The number of anilines is 1. The summed E-state index contributed by atoms with van der Waals surface area (Å²) in [5, 5.41) is -0.136. The van der Waals surface area contributed by atoms with Crippen LogP contribution in [0.25, 0.3) is 0 Å². The van der Waals surface area contributed by atoms with Gasteiger partial charge in [0, 0.05) is 36.2 Å². The molecule has 9 nitrogen and oxygen atoms in total. The summed E-state index contributed by atoms with van der Waals surface area (Å²) in [5.41, 5.74) is 8.01. The third-order valence-corrected chi connectivity index (χ3v) is 13.2. The molecule has 2 aliphatic heterocycles. The maximum Gasteiger partial charge on any atom is 0.264 e. The van der Waals surface area contributed by atoms with Crippen LogP contribution in [0.5, 0.6) is 5.75 Å². The van der Waals surface area contributed by atoms with Gasteiger partial charge in [0.05, 0.1) is 29.6 Å². The normalized spacial score (nSPS) is 33.0. The Morgan fingerprint density at radius 3 is 2.72 bits per heavy atom. The molecule has 248 valence electrons. The summed E-state index contributed by atoms with van der Waals surface area (Å²) in [7, 11) is -2.37. The maximum atomic E-state index is 13.5. The Morgan fingerprint density at radius 1 is 1.20 bits per heavy atom. The van der Waals surface area contributed by atoms with Gasteiger partial charge in [0.2, 0.25) is 15.9 Å². The van der Waals surface area contributed by atoms with Crippen LogP contribution in [0, 0.1) is 17.8 Å². The monoisotopic (exact) mass is 669 g/mol. The average molecular weight is 670 g/mol. The Balaban J connectivity index is 1.47. The maximum absolute atomic E-state index is 13.5. The van der Waals surface area contributed by atoms with E-state index in [9.17, 15) is 18.0 Å². The lowest BCUT2D eigenvalue weighted by atomic mass is 9.62. The molecule has 6 rings (SSSR count). The number of benzene rings is 2. The number of primary amides is 1. The molecule has 2 aliphatic carbocycles. The van der Waals surface area contributed by atoms with Gasteiger partial charge in [-0.15, -0.1) is 0 Å². The number of nitrogens with zero attached hydrogens (tertiary/aromatic N) is 1. The highest BCUT2D eigenvalue weighted by atomic mass is 35.5. The number of aryl methyl sites for hydroxylation is 1. The van der Waals surface area contributed by atoms with E-state index in [1.54, 1.807) is 32.2 Å². The van der Waals surface area contributed by atoms with Crippen LogP contribution in [-0.4, -0.2) is 57.9 Å². The molecule has 2 bridgehead atoms. The molecule has 0 saturated heterocycles. The minimum absolute atomic E-state index is 0.0121. The lowest BCUT2D eigenvalue weighted by Crippen LogP contribution is -2.54. The molecule has 11 heteroatoms. The van der Waals surface area contributed by atoms with Crippen molar-refractivity contribution in [2.45, 2.75) is 75.1 Å². The number of hydrogen-bond donors (Lipinski definition) is 2. The standard InChI is InChI=1S/C35H44ClN3O6S/c1-22-6-4-15-35(44-3,18-32(37)40)29-11-8-26(29)19-39-20-34(14-5-7-24-16-27(36)10-12-28(24)34)21-45-31-13-9-25(17-30(31)39)33(41)38-46(42,43)23(22)2/h4,9-10,12-13,15-17,22-23,26,29H,5-8,11,14,18-21H2,1-3H3,(H2,37,40)(H,38,41)/b15-4-/t22-,23+,26-,29+,34-,35+/m0/s1. The number of allylic oxidation sites excluding steroid dienone is 1. The van der Waals surface area contributed by atoms with Gasteiger partial charge in [-0.25, -0.2) is 13.1 Å². The van der Waals surface area contributed by atoms with Crippen LogP contribution in [0.2, 0.25) is 5.02 Å². The fourth-order valence-corrected chi connectivity index (χ4v) is 9.59. The molecule has 46 heavy (non-hydrogen) atoms. The van der Waals surface area contributed by atoms with Gasteiger partial charge in [-0.3, -0.25) is 9.59 Å². The van der Waals surface area contributed by atoms with Crippen LogP contribution in [-0.2, 0) is 31.4 Å². The van der Waals surface area contributed by atoms with Gasteiger partial charge in [-0.1, -0.05) is 36.7 Å². The minimum Gasteiger partial charge on any atom is -0.490 e. The number of nitrogens with one attached hydrogen (secondary N) is 1. The number of methoxy groups -OCH3 is 1. The van der Waals surface area contributed by atoms with E-state index in [0.717, 1.165) is 37.8 Å². The zero-order chi connectivity index (χ0) is 32.9. The quantitative estimate of drug-likeness (QED) is 0.433. The second-order valence-corrected chi connectivity index (χ2v) is 16.3. The average Bonchev–Trinajstić information content (AvgIpc) is 3.14. The third-order valence-electron chi connectivity index (χ3n) is 11.1. The van der Waals surface area contributed by atoms with Crippen molar-refractivity contribution in [3.8, 4) is 5.75 Å². The summed E-state index contributed by atoms with van der Waals surface area (Å²) in [6.45, 7) is 5.18. The van der Waals surface area contributed by atoms with Crippen molar-refractivity contribution >= 4 is 39.1 Å². The highest BCUT2D eigenvalue weighted by molar-refractivity contribution is 7.90. The van der Waals surface area contributed by atoms with Gasteiger partial charge < -0.3 is 20.1 Å². The summed E-state index contributed by atoms with van der Waals surface area (Å²) in [5.74, 6) is -0.600. The summed E-state index contributed by atoms with van der Waals surface area (Å²) >= 11 is 6.42. The zero-order valence-electron chi connectivity index (χ0n) is 26.8. The van der Waals surface area contributed by atoms with Crippen LogP contribution >= 0.6 is 11.6 Å². The van der Waals surface area contributed by atoms with E-state index < -0.39 is 32.7 Å². The molecule has 2 heterocycles. The molecule has 2 aromatic rings. The number of ether oxygens (including phenoxy) is 2. The van der Waals surface area contributed by atoms with Gasteiger partial charge in [0.15, 0.2) is 0 Å². The topological polar surface area (TPSA) is 128 Å². The highest BCUT2D eigenvalue weighted by Gasteiger charge is 2.49.